The molecule has 128 valence electrons. The van der Waals surface area contributed by atoms with Crippen molar-refractivity contribution in [1.82, 2.24) is 4.90 Å². The van der Waals surface area contributed by atoms with Gasteiger partial charge in [0, 0.05) is 18.7 Å². The van der Waals surface area contributed by atoms with Gasteiger partial charge in [-0.2, -0.15) is 0 Å². The number of carbonyl (C=O) groups excluding carboxylic acids is 1. The SMILES string of the molecule is O=C(O)c1ccc2c(c1)CN(C(=O)c1ccc3c(c1)OCCO3)CC2. The quantitative estimate of drug-likeness (QED) is 0.909. The molecule has 0 aliphatic carbocycles. The van der Waals surface area contributed by atoms with E-state index >= 15 is 0 Å². The molecule has 25 heavy (non-hydrogen) atoms. The number of nitrogens with zero attached hydrogens (tertiary/aromatic N) is 1. The third-order valence-electron chi connectivity index (χ3n) is 4.54. The summed E-state index contributed by atoms with van der Waals surface area (Å²) in [5.74, 6) is 0.182. The Kier molecular flexibility index (Phi) is 3.80. The van der Waals surface area contributed by atoms with Crippen LogP contribution in [0, 0.1) is 0 Å². The maximum absolute atomic E-state index is 12.8. The van der Waals surface area contributed by atoms with Crippen molar-refractivity contribution in [2.24, 2.45) is 0 Å². The summed E-state index contributed by atoms with van der Waals surface area (Å²) < 4.78 is 11.0. The van der Waals surface area contributed by atoms with Gasteiger partial charge in [0.25, 0.3) is 5.91 Å². The molecule has 6 nitrogen and oxygen atoms in total. The van der Waals surface area contributed by atoms with Crippen LogP contribution in [-0.4, -0.2) is 41.6 Å². The fourth-order valence-electron chi connectivity index (χ4n) is 3.22. The molecule has 2 aromatic rings. The third-order valence-corrected chi connectivity index (χ3v) is 4.54. The second kappa shape index (κ2) is 6.12. The molecule has 0 fully saturated rings. The van der Waals surface area contributed by atoms with Crippen LogP contribution >= 0.6 is 0 Å². The molecule has 1 amide bonds. The van der Waals surface area contributed by atoms with Crippen LogP contribution in [0.25, 0.3) is 0 Å². The Balaban J connectivity index is 1.57. The summed E-state index contributed by atoms with van der Waals surface area (Å²) in [5, 5.41) is 9.15. The van der Waals surface area contributed by atoms with Crippen molar-refractivity contribution in [2.45, 2.75) is 13.0 Å². The van der Waals surface area contributed by atoms with Gasteiger partial charge in [-0.3, -0.25) is 4.79 Å². The molecule has 2 aromatic carbocycles. The number of benzene rings is 2. The average Bonchev–Trinajstić information content (AvgIpc) is 2.66. The van der Waals surface area contributed by atoms with Gasteiger partial charge in [0.1, 0.15) is 13.2 Å². The fourth-order valence-corrected chi connectivity index (χ4v) is 3.22. The maximum atomic E-state index is 12.8. The first-order chi connectivity index (χ1) is 12.1. The molecule has 0 atom stereocenters. The zero-order valence-electron chi connectivity index (χ0n) is 13.5. The normalized spacial score (nSPS) is 15.4. The molecule has 0 saturated heterocycles. The van der Waals surface area contributed by atoms with Crippen molar-refractivity contribution in [3.8, 4) is 11.5 Å². The number of fused-ring (bicyclic) bond motifs is 2. The largest absolute Gasteiger partial charge is 0.486 e. The molecule has 0 unspecified atom stereocenters. The highest BCUT2D eigenvalue weighted by Gasteiger charge is 2.24. The van der Waals surface area contributed by atoms with Gasteiger partial charge >= 0.3 is 5.97 Å². The van der Waals surface area contributed by atoms with Gasteiger partial charge in [0.15, 0.2) is 11.5 Å². The second-order valence-electron chi connectivity index (χ2n) is 6.12. The summed E-state index contributed by atoms with van der Waals surface area (Å²) >= 11 is 0. The van der Waals surface area contributed by atoms with E-state index < -0.39 is 5.97 Å². The number of amides is 1. The minimum Gasteiger partial charge on any atom is -0.486 e. The smallest absolute Gasteiger partial charge is 0.335 e. The van der Waals surface area contributed by atoms with Gasteiger partial charge in [-0.25, -0.2) is 4.79 Å². The molecule has 0 aromatic heterocycles. The Bertz CT molecular complexity index is 861. The maximum Gasteiger partial charge on any atom is 0.335 e. The Morgan fingerprint density at radius 2 is 1.68 bits per heavy atom. The molecular formula is C19H17NO5. The van der Waals surface area contributed by atoms with Crippen LogP contribution in [0.1, 0.15) is 31.8 Å². The monoisotopic (exact) mass is 339 g/mol. The Morgan fingerprint density at radius 1 is 0.920 bits per heavy atom. The summed E-state index contributed by atoms with van der Waals surface area (Å²) in [7, 11) is 0. The van der Waals surface area contributed by atoms with Crippen LogP contribution in [0.15, 0.2) is 36.4 Å². The van der Waals surface area contributed by atoms with E-state index in [1.165, 1.54) is 0 Å². The Morgan fingerprint density at radius 3 is 2.48 bits per heavy atom. The van der Waals surface area contributed by atoms with E-state index in [1.807, 2.05) is 6.07 Å². The van der Waals surface area contributed by atoms with E-state index in [0.717, 1.165) is 11.1 Å². The van der Waals surface area contributed by atoms with E-state index in [2.05, 4.69) is 0 Å². The lowest BCUT2D eigenvalue weighted by Crippen LogP contribution is -2.36. The minimum absolute atomic E-state index is 0.0941. The summed E-state index contributed by atoms with van der Waals surface area (Å²) in [6, 6.07) is 10.3. The fraction of sp³-hybridized carbons (Fsp3) is 0.263. The number of ether oxygens (including phenoxy) is 2. The molecule has 4 rings (SSSR count). The van der Waals surface area contributed by atoms with E-state index in [1.54, 1.807) is 35.2 Å². The van der Waals surface area contributed by atoms with Crippen molar-refractivity contribution >= 4 is 11.9 Å². The predicted molar refractivity (Wildman–Crippen MR) is 89.3 cm³/mol. The lowest BCUT2D eigenvalue weighted by Gasteiger charge is -2.29. The first kappa shape index (κ1) is 15.5. The van der Waals surface area contributed by atoms with Crippen LogP contribution in [-0.2, 0) is 13.0 Å². The highest BCUT2D eigenvalue weighted by atomic mass is 16.6. The molecule has 0 radical (unpaired) electrons. The van der Waals surface area contributed by atoms with Crippen LogP contribution in [0.4, 0.5) is 0 Å². The number of rotatable bonds is 2. The molecule has 1 N–H and O–H groups in total. The van der Waals surface area contributed by atoms with Crippen LogP contribution < -0.4 is 9.47 Å². The molecular weight excluding hydrogens is 322 g/mol. The summed E-state index contributed by atoms with van der Waals surface area (Å²) in [4.78, 5) is 25.7. The Labute approximate surface area is 144 Å². The molecule has 6 heteroatoms. The molecule has 2 aliphatic heterocycles. The highest BCUT2D eigenvalue weighted by Crippen LogP contribution is 2.31. The molecule has 2 heterocycles. The van der Waals surface area contributed by atoms with Crippen LogP contribution in [0.3, 0.4) is 0 Å². The highest BCUT2D eigenvalue weighted by molar-refractivity contribution is 5.95. The van der Waals surface area contributed by atoms with Crippen molar-refractivity contribution < 1.29 is 24.2 Å². The first-order valence-corrected chi connectivity index (χ1v) is 8.16. The van der Waals surface area contributed by atoms with Crippen molar-refractivity contribution in [3.05, 3.63) is 58.7 Å². The van der Waals surface area contributed by atoms with Gasteiger partial charge in [0.2, 0.25) is 0 Å². The molecule has 0 saturated carbocycles. The first-order valence-electron chi connectivity index (χ1n) is 8.16. The number of carbonyl (C=O) groups is 2. The number of carboxylic acid groups (broad SMARTS) is 1. The summed E-state index contributed by atoms with van der Waals surface area (Å²) in [6.45, 7) is 1.99. The lowest BCUT2D eigenvalue weighted by atomic mass is 9.97. The molecule has 2 aliphatic rings. The van der Waals surface area contributed by atoms with E-state index in [-0.39, 0.29) is 11.5 Å². The summed E-state index contributed by atoms with van der Waals surface area (Å²) in [6.07, 6.45) is 0.714. The lowest BCUT2D eigenvalue weighted by molar-refractivity contribution is 0.0696. The summed E-state index contributed by atoms with van der Waals surface area (Å²) in [5.41, 5.74) is 2.77. The second-order valence-corrected chi connectivity index (χ2v) is 6.12. The topological polar surface area (TPSA) is 76.1 Å². The van der Waals surface area contributed by atoms with Crippen molar-refractivity contribution in [2.75, 3.05) is 19.8 Å². The number of carboxylic acids is 1. The minimum atomic E-state index is -0.960. The van der Waals surface area contributed by atoms with Gasteiger partial charge in [-0.05, 0) is 47.9 Å². The zero-order valence-corrected chi connectivity index (χ0v) is 13.5. The predicted octanol–water partition coefficient (Wildman–Crippen LogP) is 2.35. The van der Waals surface area contributed by atoms with Crippen molar-refractivity contribution in [1.29, 1.82) is 0 Å². The zero-order chi connectivity index (χ0) is 17.4. The van der Waals surface area contributed by atoms with Gasteiger partial charge < -0.3 is 19.5 Å². The van der Waals surface area contributed by atoms with Crippen LogP contribution in [0.5, 0.6) is 11.5 Å². The van der Waals surface area contributed by atoms with Crippen LogP contribution in [0.2, 0.25) is 0 Å². The van der Waals surface area contributed by atoms with Gasteiger partial charge in [0.05, 0.1) is 5.56 Å². The van der Waals surface area contributed by atoms with Gasteiger partial charge in [-0.15, -0.1) is 0 Å². The molecule has 0 spiro atoms. The standard InChI is InChI=1S/C19H17NO5/c21-18(13-3-4-16-17(10-13)25-8-7-24-16)20-6-5-12-1-2-14(19(22)23)9-15(12)11-20/h1-4,9-10H,5-8,11H2,(H,22,23). The Hall–Kier alpha value is -3.02. The van der Waals surface area contributed by atoms with Crippen molar-refractivity contribution in [3.63, 3.8) is 0 Å². The molecule has 0 bridgehead atoms. The number of hydrogen-bond donors (Lipinski definition) is 1. The van der Waals surface area contributed by atoms with E-state index in [9.17, 15) is 9.59 Å². The van der Waals surface area contributed by atoms with Gasteiger partial charge in [-0.1, -0.05) is 6.07 Å². The van der Waals surface area contributed by atoms with E-state index in [4.69, 9.17) is 14.6 Å². The third kappa shape index (κ3) is 2.91. The van der Waals surface area contributed by atoms with E-state index in [0.29, 0.717) is 49.8 Å². The average molecular weight is 339 g/mol. The number of aromatic carboxylic acids is 1. The number of hydrogen-bond acceptors (Lipinski definition) is 4.